The molecule has 0 bridgehead atoms. The number of nitrogen functional groups attached to an aromatic ring is 1. The molecule has 2 aromatic carbocycles. The van der Waals surface area contributed by atoms with Crippen molar-refractivity contribution in [3.8, 4) is 0 Å². The standard InChI is InChI=1S/C18H21NO/c1-12-6-5-7-15(19)16(12)17(20)13-8-10-14(11-9-13)18(2,3)4/h5-11H,19H2,1-4H3. The summed E-state index contributed by atoms with van der Waals surface area (Å²) < 4.78 is 0. The number of carbonyl (C=O) groups is 1. The van der Waals surface area contributed by atoms with Crippen LogP contribution in [0.1, 0.15) is 47.8 Å². The van der Waals surface area contributed by atoms with Crippen LogP contribution >= 0.6 is 0 Å². The fourth-order valence-electron chi connectivity index (χ4n) is 2.27. The fraction of sp³-hybridized carbons (Fsp3) is 0.278. The van der Waals surface area contributed by atoms with Gasteiger partial charge in [0.25, 0.3) is 0 Å². The number of hydrogen-bond acceptors (Lipinski definition) is 2. The number of rotatable bonds is 2. The molecule has 0 radical (unpaired) electrons. The van der Waals surface area contributed by atoms with Crippen LogP contribution in [0.5, 0.6) is 0 Å². The molecule has 104 valence electrons. The Hall–Kier alpha value is -2.09. The lowest BCUT2D eigenvalue weighted by Crippen LogP contribution is -2.12. The summed E-state index contributed by atoms with van der Waals surface area (Å²) >= 11 is 0. The van der Waals surface area contributed by atoms with Gasteiger partial charge in [-0.3, -0.25) is 4.79 Å². The van der Waals surface area contributed by atoms with E-state index in [1.165, 1.54) is 5.56 Å². The lowest BCUT2D eigenvalue weighted by molar-refractivity contribution is 0.103. The number of nitrogens with two attached hydrogens (primary N) is 1. The van der Waals surface area contributed by atoms with Crippen molar-refractivity contribution in [2.24, 2.45) is 0 Å². The Morgan fingerprint density at radius 1 is 1.00 bits per heavy atom. The lowest BCUT2D eigenvalue weighted by atomic mass is 9.86. The van der Waals surface area contributed by atoms with Gasteiger partial charge in [0.05, 0.1) is 0 Å². The normalized spacial score (nSPS) is 11.4. The van der Waals surface area contributed by atoms with E-state index in [-0.39, 0.29) is 11.2 Å². The molecule has 0 aliphatic rings. The highest BCUT2D eigenvalue weighted by Gasteiger charge is 2.17. The summed E-state index contributed by atoms with van der Waals surface area (Å²) in [6.07, 6.45) is 0. The van der Waals surface area contributed by atoms with Crippen LogP contribution < -0.4 is 5.73 Å². The Kier molecular flexibility index (Phi) is 3.67. The first-order chi connectivity index (χ1) is 9.30. The minimum atomic E-state index is -0.0129. The number of ketones is 1. The maximum Gasteiger partial charge on any atom is 0.195 e. The Morgan fingerprint density at radius 2 is 1.60 bits per heavy atom. The van der Waals surface area contributed by atoms with Gasteiger partial charge in [0, 0.05) is 16.8 Å². The van der Waals surface area contributed by atoms with Crippen LogP contribution in [0.3, 0.4) is 0 Å². The quantitative estimate of drug-likeness (QED) is 0.657. The average Bonchev–Trinajstić information content (AvgIpc) is 2.37. The van der Waals surface area contributed by atoms with Crippen molar-refractivity contribution in [1.29, 1.82) is 0 Å². The Balaban J connectivity index is 2.40. The number of anilines is 1. The summed E-state index contributed by atoms with van der Waals surface area (Å²) in [6, 6.07) is 13.3. The van der Waals surface area contributed by atoms with Gasteiger partial charge in [-0.05, 0) is 29.5 Å². The largest absolute Gasteiger partial charge is 0.398 e. The van der Waals surface area contributed by atoms with Gasteiger partial charge in [0.2, 0.25) is 0 Å². The first-order valence-electron chi connectivity index (χ1n) is 6.81. The SMILES string of the molecule is Cc1cccc(N)c1C(=O)c1ccc(C(C)(C)C)cc1. The highest BCUT2D eigenvalue weighted by Crippen LogP contribution is 2.24. The predicted molar refractivity (Wildman–Crippen MR) is 84.2 cm³/mol. The van der Waals surface area contributed by atoms with Crippen molar-refractivity contribution in [3.05, 3.63) is 64.7 Å². The highest BCUT2D eigenvalue weighted by atomic mass is 16.1. The highest BCUT2D eigenvalue weighted by molar-refractivity contribution is 6.13. The third kappa shape index (κ3) is 2.74. The monoisotopic (exact) mass is 267 g/mol. The van der Waals surface area contributed by atoms with Crippen molar-refractivity contribution >= 4 is 11.5 Å². The van der Waals surface area contributed by atoms with E-state index < -0.39 is 0 Å². The number of hydrogen-bond donors (Lipinski definition) is 1. The molecule has 2 N–H and O–H groups in total. The molecule has 20 heavy (non-hydrogen) atoms. The summed E-state index contributed by atoms with van der Waals surface area (Å²) in [7, 11) is 0. The van der Waals surface area contributed by atoms with E-state index in [2.05, 4.69) is 20.8 Å². The van der Waals surface area contributed by atoms with Crippen LogP contribution in [0.25, 0.3) is 0 Å². The zero-order valence-corrected chi connectivity index (χ0v) is 12.5. The van der Waals surface area contributed by atoms with Crippen molar-refractivity contribution < 1.29 is 4.79 Å². The van der Waals surface area contributed by atoms with E-state index in [1.54, 1.807) is 6.07 Å². The molecular formula is C18H21NO. The van der Waals surface area contributed by atoms with E-state index >= 15 is 0 Å². The zero-order valence-electron chi connectivity index (χ0n) is 12.5. The van der Waals surface area contributed by atoms with Gasteiger partial charge in [-0.15, -0.1) is 0 Å². The van der Waals surface area contributed by atoms with Crippen molar-refractivity contribution in [3.63, 3.8) is 0 Å². The first kappa shape index (κ1) is 14.3. The van der Waals surface area contributed by atoms with Crippen LogP contribution in [0.4, 0.5) is 5.69 Å². The summed E-state index contributed by atoms with van der Waals surface area (Å²) in [5.74, 6) is -0.0129. The second-order valence-corrected chi connectivity index (χ2v) is 6.20. The number of aryl methyl sites for hydroxylation is 1. The maximum atomic E-state index is 12.6. The zero-order chi connectivity index (χ0) is 14.9. The second kappa shape index (κ2) is 5.12. The maximum absolute atomic E-state index is 12.6. The minimum Gasteiger partial charge on any atom is -0.398 e. The van der Waals surface area contributed by atoms with Gasteiger partial charge < -0.3 is 5.73 Å². The van der Waals surface area contributed by atoms with Crippen LogP contribution in [0, 0.1) is 6.92 Å². The average molecular weight is 267 g/mol. The fourth-order valence-corrected chi connectivity index (χ4v) is 2.27. The minimum absolute atomic E-state index is 0.0129. The molecule has 0 aliphatic heterocycles. The Bertz CT molecular complexity index is 613. The van der Waals surface area contributed by atoms with Gasteiger partial charge in [-0.25, -0.2) is 0 Å². The molecule has 2 aromatic rings. The molecular weight excluding hydrogens is 246 g/mol. The Labute approximate surface area is 120 Å². The molecule has 0 heterocycles. The number of benzene rings is 2. The molecule has 0 atom stereocenters. The van der Waals surface area contributed by atoms with E-state index in [9.17, 15) is 4.79 Å². The molecule has 0 saturated heterocycles. The van der Waals surface area contributed by atoms with Crippen molar-refractivity contribution in [2.45, 2.75) is 33.1 Å². The molecule has 0 aromatic heterocycles. The van der Waals surface area contributed by atoms with Gasteiger partial charge in [0.1, 0.15) is 0 Å². The van der Waals surface area contributed by atoms with Crippen molar-refractivity contribution in [2.75, 3.05) is 5.73 Å². The molecule has 0 fully saturated rings. The molecule has 2 heteroatoms. The van der Waals surface area contributed by atoms with Crippen LogP contribution in [-0.2, 0) is 5.41 Å². The van der Waals surface area contributed by atoms with Gasteiger partial charge in [-0.2, -0.15) is 0 Å². The lowest BCUT2D eigenvalue weighted by Gasteiger charge is -2.19. The predicted octanol–water partition coefficient (Wildman–Crippen LogP) is 4.11. The van der Waals surface area contributed by atoms with Crippen LogP contribution in [0.2, 0.25) is 0 Å². The third-order valence-electron chi connectivity index (χ3n) is 3.55. The number of carbonyl (C=O) groups excluding carboxylic acids is 1. The van der Waals surface area contributed by atoms with Crippen LogP contribution in [-0.4, -0.2) is 5.78 Å². The molecule has 0 aliphatic carbocycles. The molecule has 0 amide bonds. The van der Waals surface area contributed by atoms with Gasteiger partial charge in [0.15, 0.2) is 5.78 Å². The van der Waals surface area contributed by atoms with Gasteiger partial charge >= 0.3 is 0 Å². The molecule has 0 saturated carbocycles. The molecule has 0 spiro atoms. The van der Waals surface area contributed by atoms with Gasteiger partial charge in [-0.1, -0.05) is 57.2 Å². The molecule has 2 nitrogen and oxygen atoms in total. The third-order valence-corrected chi connectivity index (χ3v) is 3.55. The van der Waals surface area contributed by atoms with E-state index in [0.717, 1.165) is 5.56 Å². The first-order valence-corrected chi connectivity index (χ1v) is 6.81. The summed E-state index contributed by atoms with van der Waals surface area (Å²) in [5, 5.41) is 0. The molecule has 2 rings (SSSR count). The van der Waals surface area contributed by atoms with E-state index in [4.69, 9.17) is 5.73 Å². The Morgan fingerprint density at radius 3 is 2.10 bits per heavy atom. The summed E-state index contributed by atoms with van der Waals surface area (Å²) in [6.45, 7) is 8.38. The van der Waals surface area contributed by atoms with Crippen molar-refractivity contribution in [1.82, 2.24) is 0 Å². The topological polar surface area (TPSA) is 43.1 Å². The van der Waals surface area contributed by atoms with E-state index in [0.29, 0.717) is 16.8 Å². The second-order valence-electron chi connectivity index (χ2n) is 6.20. The van der Waals surface area contributed by atoms with Crippen LogP contribution in [0.15, 0.2) is 42.5 Å². The smallest absolute Gasteiger partial charge is 0.195 e. The van der Waals surface area contributed by atoms with E-state index in [1.807, 2.05) is 43.3 Å². The summed E-state index contributed by atoms with van der Waals surface area (Å²) in [4.78, 5) is 12.6. The summed E-state index contributed by atoms with van der Waals surface area (Å²) in [5.41, 5.74) is 9.98. The molecule has 0 unspecified atom stereocenters.